The molecular weight excluding hydrogens is 377 g/mol. The van der Waals surface area contributed by atoms with Crippen molar-refractivity contribution < 1.29 is 9.59 Å². The Labute approximate surface area is 169 Å². The smallest absolute Gasteiger partial charge is 0.236 e. The number of hydrogen-bond donors (Lipinski definition) is 1. The molecular formula is C17H33Cl2N5O2. The van der Waals surface area contributed by atoms with Crippen molar-refractivity contribution in [3.8, 4) is 0 Å². The molecule has 9 heteroatoms. The van der Waals surface area contributed by atoms with Gasteiger partial charge in [-0.3, -0.25) is 14.5 Å². The van der Waals surface area contributed by atoms with E-state index in [1.165, 1.54) is 0 Å². The highest BCUT2D eigenvalue weighted by Gasteiger charge is 2.24. The zero-order valence-corrected chi connectivity index (χ0v) is 17.2. The fourth-order valence-electron chi connectivity index (χ4n) is 3.75. The third kappa shape index (κ3) is 6.85. The summed E-state index contributed by atoms with van der Waals surface area (Å²) in [6.45, 7) is 10.6. The van der Waals surface area contributed by atoms with E-state index in [1.807, 2.05) is 9.80 Å². The summed E-state index contributed by atoms with van der Waals surface area (Å²) < 4.78 is 0. The Bertz CT molecular complexity index is 435. The van der Waals surface area contributed by atoms with Crippen LogP contribution >= 0.6 is 24.8 Å². The highest BCUT2D eigenvalue weighted by Crippen LogP contribution is 2.10. The normalized spacial score (nSPS) is 21.8. The van der Waals surface area contributed by atoms with Crippen molar-refractivity contribution in [1.29, 1.82) is 0 Å². The summed E-state index contributed by atoms with van der Waals surface area (Å²) >= 11 is 0. The van der Waals surface area contributed by atoms with Crippen molar-refractivity contribution in [2.75, 3.05) is 78.5 Å². The van der Waals surface area contributed by atoms with Gasteiger partial charge >= 0.3 is 0 Å². The van der Waals surface area contributed by atoms with Gasteiger partial charge in [0.1, 0.15) is 0 Å². The first-order valence-electron chi connectivity index (χ1n) is 9.43. The Kier molecular flexibility index (Phi) is 10.8. The minimum absolute atomic E-state index is 0. The Morgan fingerprint density at radius 2 is 1.23 bits per heavy atom. The number of nitrogens with zero attached hydrogens (tertiary/aromatic N) is 4. The van der Waals surface area contributed by atoms with E-state index in [-0.39, 0.29) is 36.6 Å². The van der Waals surface area contributed by atoms with Gasteiger partial charge < -0.3 is 20.0 Å². The largest absolute Gasteiger partial charge is 0.342 e. The van der Waals surface area contributed by atoms with Crippen molar-refractivity contribution in [2.24, 2.45) is 0 Å². The van der Waals surface area contributed by atoms with Crippen LogP contribution in [-0.4, -0.2) is 110 Å². The second-order valence-electron chi connectivity index (χ2n) is 7.09. The SMILES string of the molecule is Cl.Cl.O=C(CCN1CCN(CC(=O)N2CCCC2)CC1)N1CCNCC1. The number of halogens is 2. The topological polar surface area (TPSA) is 59.1 Å². The highest BCUT2D eigenvalue weighted by atomic mass is 35.5. The third-order valence-corrected chi connectivity index (χ3v) is 5.39. The standard InChI is InChI=1S/C17H31N5O2.2ClH/c23-16(22-9-4-18-5-10-22)3-8-19-11-13-20(14-12-19)15-17(24)21-6-1-2-7-21;;/h18H,1-15H2;2*1H. The monoisotopic (exact) mass is 409 g/mol. The molecule has 26 heavy (non-hydrogen) atoms. The fraction of sp³-hybridized carbons (Fsp3) is 0.882. The fourth-order valence-corrected chi connectivity index (χ4v) is 3.75. The number of rotatable bonds is 5. The Morgan fingerprint density at radius 3 is 1.85 bits per heavy atom. The molecule has 0 unspecified atom stereocenters. The van der Waals surface area contributed by atoms with Crippen LogP contribution in [0, 0.1) is 0 Å². The lowest BCUT2D eigenvalue weighted by molar-refractivity contribution is -0.132. The van der Waals surface area contributed by atoms with Gasteiger partial charge in [0.2, 0.25) is 11.8 Å². The summed E-state index contributed by atoms with van der Waals surface area (Å²) in [6.07, 6.45) is 2.92. The molecule has 3 fully saturated rings. The van der Waals surface area contributed by atoms with E-state index in [1.54, 1.807) is 0 Å². The van der Waals surface area contributed by atoms with Gasteiger partial charge in [0.25, 0.3) is 0 Å². The second-order valence-corrected chi connectivity index (χ2v) is 7.09. The molecule has 1 N–H and O–H groups in total. The number of likely N-dealkylation sites (tertiary alicyclic amines) is 1. The molecule has 3 saturated heterocycles. The zero-order valence-electron chi connectivity index (χ0n) is 15.5. The van der Waals surface area contributed by atoms with E-state index in [0.717, 1.165) is 84.8 Å². The first-order valence-corrected chi connectivity index (χ1v) is 9.43. The summed E-state index contributed by atoms with van der Waals surface area (Å²) in [5.41, 5.74) is 0. The number of piperazine rings is 2. The molecule has 0 atom stereocenters. The van der Waals surface area contributed by atoms with Gasteiger partial charge in [-0.1, -0.05) is 0 Å². The van der Waals surface area contributed by atoms with Crippen LogP contribution in [0.4, 0.5) is 0 Å². The van der Waals surface area contributed by atoms with Gasteiger partial charge in [-0.15, -0.1) is 24.8 Å². The van der Waals surface area contributed by atoms with E-state index in [4.69, 9.17) is 0 Å². The lowest BCUT2D eigenvalue weighted by Gasteiger charge is -2.35. The number of carbonyl (C=O) groups is 2. The molecule has 3 heterocycles. The van der Waals surface area contributed by atoms with Crippen LogP contribution in [0.15, 0.2) is 0 Å². The molecule has 0 aromatic rings. The van der Waals surface area contributed by atoms with Crippen LogP contribution in [0.1, 0.15) is 19.3 Å². The van der Waals surface area contributed by atoms with Crippen LogP contribution < -0.4 is 5.32 Å². The van der Waals surface area contributed by atoms with Gasteiger partial charge in [-0.25, -0.2) is 0 Å². The highest BCUT2D eigenvalue weighted by molar-refractivity contribution is 5.85. The van der Waals surface area contributed by atoms with Crippen molar-refractivity contribution in [3.05, 3.63) is 0 Å². The van der Waals surface area contributed by atoms with Crippen molar-refractivity contribution in [3.63, 3.8) is 0 Å². The summed E-state index contributed by atoms with van der Waals surface area (Å²) in [7, 11) is 0. The minimum atomic E-state index is 0. The maximum absolute atomic E-state index is 12.2. The molecule has 152 valence electrons. The van der Waals surface area contributed by atoms with Gasteiger partial charge in [0.05, 0.1) is 6.54 Å². The van der Waals surface area contributed by atoms with Crippen LogP contribution in [0.5, 0.6) is 0 Å². The second kappa shape index (κ2) is 12.0. The van der Waals surface area contributed by atoms with Crippen molar-refractivity contribution >= 4 is 36.6 Å². The summed E-state index contributed by atoms with van der Waals surface area (Å²) in [4.78, 5) is 33.0. The molecule has 0 bridgehead atoms. The molecule has 0 aromatic heterocycles. The number of amides is 2. The van der Waals surface area contributed by atoms with E-state index >= 15 is 0 Å². The first-order chi connectivity index (χ1) is 11.7. The predicted octanol–water partition coefficient (Wildman–Crippen LogP) is -0.108. The number of nitrogens with one attached hydrogen (secondary N) is 1. The van der Waals surface area contributed by atoms with E-state index in [0.29, 0.717) is 13.0 Å². The molecule has 2 amide bonds. The average molecular weight is 410 g/mol. The zero-order chi connectivity index (χ0) is 16.8. The molecule has 3 aliphatic heterocycles. The van der Waals surface area contributed by atoms with E-state index in [9.17, 15) is 9.59 Å². The molecule has 0 saturated carbocycles. The van der Waals surface area contributed by atoms with Gasteiger partial charge in [0, 0.05) is 78.4 Å². The van der Waals surface area contributed by atoms with E-state index < -0.39 is 0 Å². The predicted molar refractivity (Wildman–Crippen MR) is 107 cm³/mol. The molecule has 0 spiro atoms. The molecule has 3 rings (SSSR count). The van der Waals surface area contributed by atoms with Crippen molar-refractivity contribution in [1.82, 2.24) is 24.9 Å². The summed E-state index contributed by atoms with van der Waals surface area (Å²) in [6, 6.07) is 0. The molecule has 3 aliphatic rings. The maximum atomic E-state index is 12.2. The lowest BCUT2D eigenvalue weighted by Crippen LogP contribution is -2.51. The maximum Gasteiger partial charge on any atom is 0.236 e. The third-order valence-electron chi connectivity index (χ3n) is 5.39. The average Bonchev–Trinajstić information content (AvgIpc) is 3.16. The van der Waals surface area contributed by atoms with Gasteiger partial charge in [0.15, 0.2) is 0 Å². The van der Waals surface area contributed by atoms with Crippen LogP contribution in [0.25, 0.3) is 0 Å². The minimum Gasteiger partial charge on any atom is -0.342 e. The first kappa shape index (κ1) is 23.4. The number of carbonyl (C=O) groups excluding carboxylic acids is 2. The quantitative estimate of drug-likeness (QED) is 0.686. The summed E-state index contributed by atoms with van der Waals surface area (Å²) in [5.74, 6) is 0.568. The molecule has 0 aromatic carbocycles. The number of hydrogen-bond acceptors (Lipinski definition) is 5. The molecule has 0 radical (unpaired) electrons. The van der Waals surface area contributed by atoms with E-state index in [2.05, 4.69) is 15.1 Å². The lowest BCUT2D eigenvalue weighted by atomic mass is 10.2. The van der Waals surface area contributed by atoms with Crippen LogP contribution in [0.2, 0.25) is 0 Å². The Hall–Kier alpha value is -0.600. The molecule has 0 aliphatic carbocycles. The summed E-state index contributed by atoms with van der Waals surface area (Å²) in [5, 5.41) is 3.27. The Morgan fingerprint density at radius 1 is 0.692 bits per heavy atom. The van der Waals surface area contributed by atoms with Gasteiger partial charge in [-0.2, -0.15) is 0 Å². The Balaban J connectivity index is 0.00000169. The van der Waals surface area contributed by atoms with Crippen molar-refractivity contribution in [2.45, 2.75) is 19.3 Å². The molecule has 7 nitrogen and oxygen atoms in total. The van der Waals surface area contributed by atoms with Gasteiger partial charge in [-0.05, 0) is 12.8 Å². The van der Waals surface area contributed by atoms with Crippen LogP contribution in [0.3, 0.4) is 0 Å². The van der Waals surface area contributed by atoms with Crippen LogP contribution in [-0.2, 0) is 9.59 Å².